The molecule has 0 fully saturated rings. The Balaban J connectivity index is 2.97. The van der Waals surface area contributed by atoms with Gasteiger partial charge < -0.3 is 4.57 Å². The van der Waals surface area contributed by atoms with Gasteiger partial charge in [0.25, 0.3) is 0 Å². The van der Waals surface area contributed by atoms with E-state index >= 15 is 0 Å². The second kappa shape index (κ2) is 2.84. The highest BCUT2D eigenvalue weighted by molar-refractivity contribution is 9.10. The molecule has 0 atom stereocenters. The van der Waals surface area contributed by atoms with Crippen LogP contribution < -0.4 is 0 Å². The SMILES string of the molecule is Cc1cn(C)c2c(Br)cc(F)cc12. The fourth-order valence-electron chi connectivity index (χ4n) is 1.65. The molecule has 0 N–H and O–H groups in total. The number of aromatic nitrogens is 1. The lowest BCUT2D eigenvalue weighted by Crippen LogP contribution is -1.85. The predicted molar refractivity (Wildman–Crippen MR) is 55.3 cm³/mol. The van der Waals surface area contributed by atoms with Gasteiger partial charge in [-0.15, -0.1) is 0 Å². The third-order valence-corrected chi connectivity index (χ3v) is 2.80. The molecule has 0 saturated heterocycles. The summed E-state index contributed by atoms with van der Waals surface area (Å²) >= 11 is 3.35. The van der Waals surface area contributed by atoms with Crippen molar-refractivity contribution in [2.75, 3.05) is 0 Å². The van der Waals surface area contributed by atoms with E-state index in [1.165, 1.54) is 6.07 Å². The number of hydrogen-bond acceptors (Lipinski definition) is 0. The number of halogens is 2. The zero-order valence-corrected chi connectivity index (χ0v) is 9.02. The van der Waals surface area contributed by atoms with E-state index in [9.17, 15) is 4.39 Å². The van der Waals surface area contributed by atoms with Crippen molar-refractivity contribution in [3.05, 3.63) is 34.2 Å². The first-order chi connectivity index (χ1) is 6.09. The Morgan fingerprint density at radius 2 is 2.08 bits per heavy atom. The normalized spacial score (nSPS) is 11.1. The van der Waals surface area contributed by atoms with Gasteiger partial charge in [-0.05, 0) is 40.5 Å². The number of hydrogen-bond donors (Lipinski definition) is 0. The monoisotopic (exact) mass is 241 g/mol. The molecule has 0 amide bonds. The third kappa shape index (κ3) is 1.27. The molecule has 0 radical (unpaired) electrons. The molecule has 0 unspecified atom stereocenters. The average Bonchev–Trinajstić information content (AvgIpc) is 2.27. The Kier molecular flexibility index (Phi) is 1.91. The first kappa shape index (κ1) is 8.75. The second-order valence-corrected chi connectivity index (χ2v) is 4.06. The second-order valence-electron chi connectivity index (χ2n) is 3.21. The molecule has 68 valence electrons. The molecule has 0 aliphatic rings. The summed E-state index contributed by atoms with van der Waals surface area (Å²) in [5, 5.41) is 0.967. The largest absolute Gasteiger partial charge is 0.349 e. The molecule has 13 heavy (non-hydrogen) atoms. The molecular weight excluding hydrogens is 233 g/mol. The Hall–Kier alpha value is -0.830. The van der Waals surface area contributed by atoms with Crippen LogP contribution in [0.4, 0.5) is 4.39 Å². The smallest absolute Gasteiger partial charge is 0.125 e. The summed E-state index contributed by atoms with van der Waals surface area (Å²) in [5.74, 6) is -0.200. The Morgan fingerprint density at radius 3 is 2.77 bits per heavy atom. The predicted octanol–water partition coefficient (Wildman–Crippen LogP) is 3.39. The van der Waals surface area contributed by atoms with Crippen molar-refractivity contribution in [2.24, 2.45) is 7.05 Å². The highest BCUT2D eigenvalue weighted by Gasteiger charge is 2.07. The first-order valence-corrected chi connectivity index (χ1v) is 4.79. The van der Waals surface area contributed by atoms with Gasteiger partial charge in [-0.3, -0.25) is 0 Å². The van der Waals surface area contributed by atoms with Gasteiger partial charge in [-0.2, -0.15) is 0 Å². The van der Waals surface area contributed by atoms with Crippen molar-refractivity contribution < 1.29 is 4.39 Å². The summed E-state index contributed by atoms with van der Waals surface area (Å²) < 4.78 is 15.8. The van der Waals surface area contributed by atoms with Crippen molar-refractivity contribution in [2.45, 2.75) is 6.92 Å². The number of nitrogens with zero attached hydrogens (tertiary/aromatic N) is 1. The molecule has 1 aromatic heterocycles. The van der Waals surface area contributed by atoms with E-state index in [1.54, 1.807) is 6.07 Å². The summed E-state index contributed by atoms with van der Waals surface area (Å²) in [6.45, 7) is 1.98. The van der Waals surface area contributed by atoms with Crippen LogP contribution in [0.3, 0.4) is 0 Å². The molecule has 0 bridgehead atoms. The van der Waals surface area contributed by atoms with E-state index in [0.717, 1.165) is 20.9 Å². The number of rotatable bonds is 0. The summed E-state index contributed by atoms with van der Waals surface area (Å²) in [7, 11) is 1.96. The van der Waals surface area contributed by atoms with Gasteiger partial charge in [0.15, 0.2) is 0 Å². The minimum absolute atomic E-state index is 0.200. The highest BCUT2D eigenvalue weighted by atomic mass is 79.9. The quantitative estimate of drug-likeness (QED) is 0.667. The fourth-order valence-corrected chi connectivity index (χ4v) is 2.36. The average molecular weight is 242 g/mol. The molecule has 0 aliphatic heterocycles. The van der Waals surface area contributed by atoms with E-state index in [2.05, 4.69) is 15.9 Å². The molecule has 1 heterocycles. The summed E-state index contributed by atoms with van der Waals surface area (Å²) in [6.07, 6.45) is 1.99. The maximum absolute atomic E-state index is 13.0. The summed E-state index contributed by atoms with van der Waals surface area (Å²) in [4.78, 5) is 0. The maximum atomic E-state index is 13.0. The lowest BCUT2D eigenvalue weighted by Gasteiger charge is -1.99. The van der Waals surface area contributed by atoms with Gasteiger partial charge in [0, 0.05) is 23.1 Å². The van der Waals surface area contributed by atoms with E-state index < -0.39 is 0 Å². The molecule has 2 aromatic rings. The van der Waals surface area contributed by atoms with Crippen LogP contribution >= 0.6 is 15.9 Å². The van der Waals surface area contributed by atoms with Crippen molar-refractivity contribution in [1.29, 1.82) is 0 Å². The van der Waals surface area contributed by atoms with Gasteiger partial charge in [0.1, 0.15) is 5.82 Å². The van der Waals surface area contributed by atoms with Crippen LogP contribution in [-0.2, 0) is 7.05 Å². The minimum Gasteiger partial charge on any atom is -0.349 e. The van der Waals surface area contributed by atoms with E-state index in [-0.39, 0.29) is 5.82 Å². The lowest BCUT2D eigenvalue weighted by molar-refractivity contribution is 0.628. The molecule has 1 aromatic carbocycles. The summed E-state index contributed by atoms with van der Waals surface area (Å²) in [5.41, 5.74) is 2.14. The van der Waals surface area contributed by atoms with Crippen molar-refractivity contribution in [1.82, 2.24) is 4.57 Å². The zero-order chi connectivity index (χ0) is 9.59. The van der Waals surface area contributed by atoms with Crippen LogP contribution in [0.15, 0.2) is 22.8 Å². The minimum atomic E-state index is -0.200. The summed E-state index contributed by atoms with van der Waals surface area (Å²) in [6, 6.07) is 3.05. The van der Waals surface area contributed by atoms with Crippen LogP contribution in [0.1, 0.15) is 5.56 Å². The topological polar surface area (TPSA) is 4.93 Å². The van der Waals surface area contributed by atoms with Crippen LogP contribution in [0, 0.1) is 12.7 Å². The third-order valence-electron chi connectivity index (χ3n) is 2.19. The first-order valence-electron chi connectivity index (χ1n) is 4.00. The van der Waals surface area contributed by atoms with Crippen LogP contribution in [0.2, 0.25) is 0 Å². The number of aryl methyl sites for hydroxylation is 2. The fraction of sp³-hybridized carbons (Fsp3) is 0.200. The van der Waals surface area contributed by atoms with Crippen LogP contribution in [-0.4, -0.2) is 4.57 Å². The van der Waals surface area contributed by atoms with Gasteiger partial charge in [-0.1, -0.05) is 0 Å². The van der Waals surface area contributed by atoms with Gasteiger partial charge in [0.05, 0.1) is 5.52 Å². The molecule has 0 aliphatic carbocycles. The Labute approximate surface area is 84.3 Å². The highest BCUT2D eigenvalue weighted by Crippen LogP contribution is 2.28. The number of fused-ring (bicyclic) bond motifs is 1. The van der Waals surface area contributed by atoms with E-state index in [4.69, 9.17) is 0 Å². The number of benzene rings is 1. The molecule has 2 rings (SSSR count). The Morgan fingerprint density at radius 1 is 1.38 bits per heavy atom. The standard InChI is InChI=1S/C10H9BrFN/c1-6-5-13(2)10-8(6)3-7(12)4-9(10)11/h3-5H,1-2H3. The van der Waals surface area contributed by atoms with E-state index in [0.29, 0.717) is 0 Å². The van der Waals surface area contributed by atoms with E-state index in [1.807, 2.05) is 24.7 Å². The Bertz CT molecular complexity index is 473. The van der Waals surface area contributed by atoms with Crippen LogP contribution in [0.25, 0.3) is 10.9 Å². The van der Waals surface area contributed by atoms with Crippen LogP contribution in [0.5, 0.6) is 0 Å². The zero-order valence-electron chi connectivity index (χ0n) is 7.44. The molecule has 3 heteroatoms. The molecule has 0 spiro atoms. The van der Waals surface area contributed by atoms with Crippen molar-refractivity contribution in [3.63, 3.8) is 0 Å². The van der Waals surface area contributed by atoms with Gasteiger partial charge in [-0.25, -0.2) is 4.39 Å². The van der Waals surface area contributed by atoms with Gasteiger partial charge in [0.2, 0.25) is 0 Å². The van der Waals surface area contributed by atoms with Crippen molar-refractivity contribution in [3.8, 4) is 0 Å². The molecule has 0 saturated carbocycles. The van der Waals surface area contributed by atoms with Crippen molar-refractivity contribution >= 4 is 26.8 Å². The molecular formula is C10H9BrFN. The lowest BCUT2D eigenvalue weighted by atomic mass is 10.2. The van der Waals surface area contributed by atoms with Gasteiger partial charge >= 0.3 is 0 Å². The molecule has 1 nitrogen and oxygen atoms in total. The maximum Gasteiger partial charge on any atom is 0.125 e.